The molecule has 12 heteroatoms. The van der Waals surface area contributed by atoms with E-state index in [1.807, 2.05) is 18.2 Å². The molecule has 1 heterocycles. The molecule has 238 valence electrons. The topological polar surface area (TPSA) is 177 Å². The van der Waals surface area contributed by atoms with Crippen molar-refractivity contribution in [1.29, 1.82) is 0 Å². The van der Waals surface area contributed by atoms with Crippen molar-refractivity contribution < 1.29 is 53.2 Å². The van der Waals surface area contributed by atoms with Crippen LogP contribution in [-0.4, -0.2) is 78.0 Å². The lowest BCUT2D eigenvalue weighted by atomic mass is 9.74. The summed E-state index contributed by atoms with van der Waals surface area (Å²) in [6.07, 6.45) is 0.867. The quantitative estimate of drug-likeness (QED) is 0.131. The molecule has 5 unspecified atom stereocenters. The van der Waals surface area contributed by atoms with E-state index in [-0.39, 0.29) is 44.8 Å². The van der Waals surface area contributed by atoms with Crippen LogP contribution in [0.25, 0.3) is 0 Å². The van der Waals surface area contributed by atoms with Crippen molar-refractivity contribution in [2.24, 2.45) is 23.7 Å². The number of rotatable bonds is 20. The molecule has 0 spiro atoms. The van der Waals surface area contributed by atoms with Crippen LogP contribution in [0.4, 0.5) is 0 Å². The van der Waals surface area contributed by atoms with Gasteiger partial charge in [0.1, 0.15) is 31.2 Å². The highest BCUT2D eigenvalue weighted by atomic mass is 16.6. The summed E-state index contributed by atoms with van der Waals surface area (Å²) in [5, 5.41) is 22.8. The highest BCUT2D eigenvalue weighted by molar-refractivity contribution is 5.94. The molecule has 1 aliphatic heterocycles. The van der Waals surface area contributed by atoms with Gasteiger partial charge >= 0.3 is 17.9 Å². The minimum absolute atomic E-state index is 0.00734. The third-order valence-corrected chi connectivity index (χ3v) is 7.70. The fraction of sp³-hybridized carbons (Fsp3) is 0.613. The third kappa shape index (κ3) is 11.0. The number of hydrogen-bond donors (Lipinski definition) is 1. The summed E-state index contributed by atoms with van der Waals surface area (Å²) in [5.74, 6) is -9.52. The van der Waals surface area contributed by atoms with E-state index in [1.54, 1.807) is 26.0 Å². The lowest BCUT2D eigenvalue weighted by Gasteiger charge is -2.40. The number of benzene rings is 1. The Bertz CT molecular complexity index is 1110. The zero-order valence-electron chi connectivity index (χ0n) is 25.0. The largest absolute Gasteiger partial charge is 0.550 e. The van der Waals surface area contributed by atoms with Crippen LogP contribution >= 0.6 is 0 Å². The molecule has 1 fully saturated rings. The van der Waals surface area contributed by atoms with Gasteiger partial charge in [-0.3, -0.25) is 24.0 Å². The number of carbonyl (C=O) groups is 6. The molecular formula is C31H42NO11-. The van der Waals surface area contributed by atoms with Crippen LogP contribution in [0.15, 0.2) is 30.3 Å². The molecule has 5 atom stereocenters. The number of ketones is 1. The predicted molar refractivity (Wildman–Crippen MR) is 150 cm³/mol. The number of nitrogens with zero attached hydrogens (tertiary/aromatic N) is 1. The van der Waals surface area contributed by atoms with Gasteiger partial charge in [0.15, 0.2) is 0 Å². The number of carboxylic acids is 2. The van der Waals surface area contributed by atoms with Crippen LogP contribution in [0.2, 0.25) is 0 Å². The zero-order chi connectivity index (χ0) is 31.9. The number of carboxylic acid groups (broad SMARTS) is 2. The van der Waals surface area contributed by atoms with Gasteiger partial charge < -0.3 is 34.1 Å². The van der Waals surface area contributed by atoms with E-state index in [4.69, 9.17) is 14.2 Å². The second kappa shape index (κ2) is 17.9. The van der Waals surface area contributed by atoms with Gasteiger partial charge in [0.2, 0.25) is 5.91 Å². The average molecular weight is 605 g/mol. The van der Waals surface area contributed by atoms with Gasteiger partial charge in [0, 0.05) is 36.8 Å². The first-order valence-electron chi connectivity index (χ1n) is 14.7. The first kappa shape index (κ1) is 35.2. The second-order valence-electron chi connectivity index (χ2n) is 10.7. The SMILES string of the molecule is CCC(CCC(COC(=O)CC(C)=O)C(C(=O)O)C(C(=O)[O-])C(CC)N1CCCC1=O)C(=O)OCCOc1ccccc1. The van der Waals surface area contributed by atoms with Gasteiger partial charge in [-0.1, -0.05) is 32.0 Å². The van der Waals surface area contributed by atoms with Gasteiger partial charge in [0.25, 0.3) is 0 Å². The number of aliphatic carboxylic acids is 2. The van der Waals surface area contributed by atoms with E-state index in [9.17, 15) is 39.0 Å². The van der Waals surface area contributed by atoms with Crippen LogP contribution in [0.3, 0.4) is 0 Å². The Morgan fingerprint density at radius 2 is 1.67 bits per heavy atom. The Hall–Kier alpha value is -3.96. The smallest absolute Gasteiger partial charge is 0.313 e. The zero-order valence-corrected chi connectivity index (χ0v) is 25.0. The summed E-state index contributed by atoms with van der Waals surface area (Å²) in [6.45, 7) is 4.55. The molecule has 1 aromatic carbocycles. The number of amides is 1. The fourth-order valence-electron chi connectivity index (χ4n) is 5.54. The maximum absolute atomic E-state index is 12.8. The maximum Gasteiger partial charge on any atom is 0.313 e. The minimum Gasteiger partial charge on any atom is -0.550 e. The van der Waals surface area contributed by atoms with Gasteiger partial charge in [0.05, 0.1) is 18.4 Å². The van der Waals surface area contributed by atoms with Crippen molar-refractivity contribution in [2.75, 3.05) is 26.4 Å². The molecule has 12 nitrogen and oxygen atoms in total. The summed E-state index contributed by atoms with van der Waals surface area (Å²) in [7, 11) is 0. The highest BCUT2D eigenvalue weighted by Crippen LogP contribution is 2.34. The summed E-state index contributed by atoms with van der Waals surface area (Å²) >= 11 is 0. The van der Waals surface area contributed by atoms with Crippen LogP contribution in [-0.2, 0) is 38.2 Å². The van der Waals surface area contributed by atoms with E-state index in [0.717, 1.165) is 0 Å². The maximum atomic E-state index is 12.8. The van der Waals surface area contributed by atoms with Crippen molar-refractivity contribution in [3.63, 3.8) is 0 Å². The minimum atomic E-state index is -1.64. The molecule has 0 radical (unpaired) electrons. The van der Waals surface area contributed by atoms with Crippen molar-refractivity contribution in [1.82, 2.24) is 4.90 Å². The molecule has 1 aromatic rings. The second-order valence-corrected chi connectivity index (χ2v) is 10.7. The number of esters is 2. The summed E-state index contributed by atoms with van der Waals surface area (Å²) in [4.78, 5) is 75.5. The molecule has 0 bridgehead atoms. The molecule has 2 rings (SSSR count). The van der Waals surface area contributed by atoms with Crippen LogP contribution in [0.1, 0.15) is 65.7 Å². The van der Waals surface area contributed by atoms with E-state index in [2.05, 4.69) is 0 Å². The Balaban J connectivity index is 2.22. The van der Waals surface area contributed by atoms with Crippen molar-refractivity contribution in [3.05, 3.63) is 30.3 Å². The lowest BCUT2D eigenvalue weighted by Crippen LogP contribution is -2.54. The first-order chi connectivity index (χ1) is 20.5. The summed E-state index contributed by atoms with van der Waals surface area (Å²) < 4.78 is 16.1. The Kier molecular flexibility index (Phi) is 14.6. The average Bonchev–Trinajstić information content (AvgIpc) is 3.38. The standard InChI is InChI=1S/C31H43NO11/c1-4-21(31(40)42-17-16-41-23-10-7-6-8-11-23)13-14-22(19-43-26(35)18-20(3)33)27(29(36)37)28(30(38)39)24(5-2)32-15-9-12-25(32)34/h6-8,10-11,21-22,24,27-28H,4-5,9,12-19H2,1-3H3,(H,36,37)(H,38,39)/p-1. The van der Waals surface area contributed by atoms with Crippen molar-refractivity contribution in [2.45, 2.75) is 71.8 Å². The van der Waals surface area contributed by atoms with Gasteiger partial charge in [-0.05, 0) is 51.2 Å². The Labute approximate surface area is 251 Å². The first-order valence-corrected chi connectivity index (χ1v) is 14.7. The van der Waals surface area contributed by atoms with Crippen molar-refractivity contribution >= 4 is 35.6 Å². The van der Waals surface area contributed by atoms with E-state index >= 15 is 0 Å². The van der Waals surface area contributed by atoms with E-state index < -0.39 is 72.4 Å². The number of ether oxygens (including phenoxy) is 3. The number of carbonyl (C=O) groups excluding carboxylic acids is 5. The third-order valence-electron chi connectivity index (χ3n) is 7.70. The number of para-hydroxylation sites is 1. The van der Waals surface area contributed by atoms with Crippen LogP contribution in [0, 0.1) is 23.7 Å². The summed E-state index contributed by atoms with van der Waals surface area (Å²) in [6, 6.07) is 8.04. The predicted octanol–water partition coefficient (Wildman–Crippen LogP) is 2.02. The highest BCUT2D eigenvalue weighted by Gasteiger charge is 2.44. The van der Waals surface area contributed by atoms with E-state index in [0.29, 0.717) is 25.1 Å². The van der Waals surface area contributed by atoms with E-state index in [1.165, 1.54) is 11.8 Å². The van der Waals surface area contributed by atoms with Gasteiger partial charge in [-0.15, -0.1) is 0 Å². The van der Waals surface area contributed by atoms with Crippen molar-refractivity contribution in [3.8, 4) is 5.75 Å². The Morgan fingerprint density at radius 1 is 0.977 bits per heavy atom. The fourth-order valence-corrected chi connectivity index (χ4v) is 5.54. The molecular weight excluding hydrogens is 562 g/mol. The number of hydrogen-bond acceptors (Lipinski definition) is 10. The van der Waals surface area contributed by atoms with Crippen LogP contribution < -0.4 is 9.84 Å². The molecule has 0 saturated carbocycles. The number of likely N-dealkylation sites (tertiary alicyclic amines) is 1. The normalized spacial score (nSPS) is 16.4. The Morgan fingerprint density at radius 3 is 2.21 bits per heavy atom. The summed E-state index contributed by atoms with van der Waals surface area (Å²) in [5.41, 5.74) is 0. The molecule has 1 N–H and O–H groups in total. The van der Waals surface area contributed by atoms with Gasteiger partial charge in [-0.25, -0.2) is 0 Å². The molecule has 1 aliphatic rings. The number of Topliss-reactive ketones (excluding diaryl/α,β-unsaturated/α-hetero) is 1. The lowest BCUT2D eigenvalue weighted by molar-refractivity contribution is -0.316. The monoisotopic (exact) mass is 604 g/mol. The molecule has 43 heavy (non-hydrogen) atoms. The molecule has 0 aliphatic carbocycles. The molecule has 1 amide bonds. The molecule has 0 aromatic heterocycles. The van der Waals surface area contributed by atoms with Crippen LogP contribution in [0.5, 0.6) is 5.75 Å². The molecule has 1 saturated heterocycles. The van der Waals surface area contributed by atoms with Gasteiger partial charge in [-0.2, -0.15) is 0 Å².